The van der Waals surface area contributed by atoms with Crippen LogP contribution in [0.2, 0.25) is 5.02 Å². The lowest BCUT2D eigenvalue weighted by atomic mass is 10.1. The van der Waals surface area contributed by atoms with E-state index >= 15 is 0 Å². The zero-order valence-electron chi connectivity index (χ0n) is 10.5. The third-order valence-electron chi connectivity index (χ3n) is 2.87. The van der Waals surface area contributed by atoms with E-state index in [9.17, 15) is 8.78 Å². The highest BCUT2D eigenvalue weighted by atomic mass is 35.5. The molecule has 5 nitrogen and oxygen atoms in total. The Morgan fingerprint density at radius 3 is 2.62 bits per heavy atom. The molecule has 0 saturated heterocycles. The number of benzene rings is 2. The predicted molar refractivity (Wildman–Crippen MR) is 73.9 cm³/mol. The first kappa shape index (κ1) is 13.4. The molecule has 0 saturated carbocycles. The fourth-order valence-corrected chi connectivity index (χ4v) is 2.00. The van der Waals surface area contributed by atoms with Crippen molar-refractivity contribution in [1.82, 2.24) is 20.2 Å². The Bertz CT molecular complexity index is 818. The van der Waals surface area contributed by atoms with Crippen LogP contribution in [0.15, 0.2) is 36.4 Å². The summed E-state index contributed by atoms with van der Waals surface area (Å²) in [5.74, 6) is -0.787. The van der Waals surface area contributed by atoms with Gasteiger partial charge in [-0.3, -0.25) is 0 Å². The van der Waals surface area contributed by atoms with Gasteiger partial charge < -0.3 is 5.73 Å². The first-order valence-corrected chi connectivity index (χ1v) is 6.23. The van der Waals surface area contributed by atoms with Crippen molar-refractivity contribution in [1.29, 1.82) is 0 Å². The number of nitrogens with two attached hydrogens (primary N) is 1. The third kappa shape index (κ3) is 2.43. The van der Waals surface area contributed by atoms with Gasteiger partial charge in [0, 0.05) is 17.3 Å². The van der Waals surface area contributed by atoms with Gasteiger partial charge in [-0.2, -0.15) is 4.68 Å². The van der Waals surface area contributed by atoms with Gasteiger partial charge >= 0.3 is 0 Å². The van der Waals surface area contributed by atoms with Gasteiger partial charge in [-0.25, -0.2) is 8.78 Å². The molecule has 8 heteroatoms. The molecule has 0 spiro atoms. The second-order valence-corrected chi connectivity index (χ2v) is 4.65. The highest BCUT2D eigenvalue weighted by Crippen LogP contribution is 2.27. The number of hydrogen-bond acceptors (Lipinski definition) is 4. The molecule has 0 amide bonds. The molecule has 1 heterocycles. The van der Waals surface area contributed by atoms with E-state index in [1.807, 2.05) is 0 Å². The minimum absolute atomic E-state index is 0.00493. The van der Waals surface area contributed by atoms with Crippen LogP contribution in [0.1, 0.15) is 0 Å². The Morgan fingerprint density at radius 2 is 1.90 bits per heavy atom. The van der Waals surface area contributed by atoms with Crippen LogP contribution in [-0.4, -0.2) is 20.2 Å². The van der Waals surface area contributed by atoms with Crippen LogP contribution in [0.5, 0.6) is 0 Å². The number of anilines is 1. The molecule has 0 fully saturated rings. The minimum atomic E-state index is -0.595. The van der Waals surface area contributed by atoms with Crippen molar-refractivity contribution in [2.75, 3.05) is 5.73 Å². The van der Waals surface area contributed by atoms with Crippen molar-refractivity contribution in [2.24, 2.45) is 0 Å². The molecule has 2 aromatic carbocycles. The summed E-state index contributed by atoms with van der Waals surface area (Å²) in [6, 6.07) is 8.02. The standard InChI is InChI=1S/C13H8ClF2N5/c14-10-4-2-8(6-11(10)16)21-13(18-19-20-21)9-3-1-7(15)5-12(9)17/h1-6H,17H2. The van der Waals surface area contributed by atoms with Crippen molar-refractivity contribution in [3.05, 3.63) is 53.1 Å². The van der Waals surface area contributed by atoms with Gasteiger partial charge in [0.15, 0.2) is 5.82 Å². The van der Waals surface area contributed by atoms with Crippen LogP contribution < -0.4 is 5.73 Å². The summed E-state index contributed by atoms with van der Waals surface area (Å²) in [4.78, 5) is 0. The molecule has 0 bridgehead atoms. The van der Waals surface area contributed by atoms with E-state index in [1.54, 1.807) is 6.07 Å². The van der Waals surface area contributed by atoms with Gasteiger partial charge in [-0.05, 0) is 40.8 Å². The van der Waals surface area contributed by atoms with Gasteiger partial charge in [-0.1, -0.05) is 11.6 Å². The van der Waals surface area contributed by atoms with Crippen molar-refractivity contribution < 1.29 is 8.78 Å². The number of hydrogen-bond donors (Lipinski definition) is 1. The molecule has 0 aliphatic rings. The summed E-state index contributed by atoms with van der Waals surface area (Å²) < 4.78 is 28.0. The first-order chi connectivity index (χ1) is 10.1. The lowest BCUT2D eigenvalue weighted by Crippen LogP contribution is -2.02. The zero-order chi connectivity index (χ0) is 15.0. The molecule has 21 heavy (non-hydrogen) atoms. The molecular formula is C13H8ClF2N5. The molecular weight excluding hydrogens is 300 g/mol. The van der Waals surface area contributed by atoms with E-state index < -0.39 is 11.6 Å². The summed E-state index contributed by atoms with van der Waals surface area (Å²) >= 11 is 5.64. The largest absolute Gasteiger partial charge is 0.398 e. The Kier molecular flexibility index (Phi) is 3.26. The van der Waals surface area contributed by atoms with Gasteiger partial charge in [0.05, 0.1) is 10.7 Å². The smallest absolute Gasteiger partial charge is 0.189 e. The quantitative estimate of drug-likeness (QED) is 0.739. The summed E-state index contributed by atoms with van der Waals surface area (Å²) in [7, 11) is 0. The summed E-state index contributed by atoms with van der Waals surface area (Å²) in [6.45, 7) is 0. The Balaban J connectivity index is 2.14. The number of rotatable bonds is 2. The van der Waals surface area contributed by atoms with Crippen LogP contribution >= 0.6 is 11.6 Å². The molecule has 106 valence electrons. The Morgan fingerprint density at radius 1 is 1.10 bits per heavy atom. The van der Waals surface area contributed by atoms with Crippen LogP contribution in [0, 0.1) is 11.6 Å². The van der Waals surface area contributed by atoms with E-state index in [2.05, 4.69) is 15.5 Å². The highest BCUT2D eigenvalue weighted by Gasteiger charge is 2.15. The van der Waals surface area contributed by atoms with E-state index in [4.69, 9.17) is 17.3 Å². The van der Waals surface area contributed by atoms with Crippen LogP contribution in [0.25, 0.3) is 17.1 Å². The van der Waals surface area contributed by atoms with E-state index in [-0.39, 0.29) is 16.5 Å². The fraction of sp³-hybridized carbons (Fsp3) is 0. The SMILES string of the molecule is Nc1cc(F)ccc1-c1nnnn1-c1ccc(Cl)c(F)c1. The van der Waals surface area contributed by atoms with Crippen LogP contribution in [0.3, 0.4) is 0 Å². The second kappa shape index (κ2) is 5.10. The number of halogens is 3. The van der Waals surface area contributed by atoms with Gasteiger partial charge in [0.2, 0.25) is 0 Å². The third-order valence-corrected chi connectivity index (χ3v) is 3.18. The number of tetrazole rings is 1. The van der Waals surface area contributed by atoms with Crippen molar-refractivity contribution >= 4 is 17.3 Å². The molecule has 0 radical (unpaired) electrons. The lowest BCUT2D eigenvalue weighted by Gasteiger charge is -2.07. The average Bonchev–Trinajstić information content (AvgIpc) is 2.91. The molecule has 0 aliphatic heterocycles. The lowest BCUT2D eigenvalue weighted by molar-refractivity contribution is 0.625. The summed E-state index contributed by atoms with van der Waals surface area (Å²) in [5, 5.41) is 11.2. The number of nitrogens with zero attached hydrogens (tertiary/aromatic N) is 4. The maximum absolute atomic E-state index is 13.5. The van der Waals surface area contributed by atoms with Crippen molar-refractivity contribution in [3.63, 3.8) is 0 Å². The monoisotopic (exact) mass is 307 g/mol. The minimum Gasteiger partial charge on any atom is -0.398 e. The van der Waals surface area contributed by atoms with Crippen LogP contribution in [-0.2, 0) is 0 Å². The normalized spacial score (nSPS) is 10.8. The fourth-order valence-electron chi connectivity index (χ4n) is 1.88. The Labute approximate surface area is 123 Å². The average molecular weight is 308 g/mol. The van der Waals surface area contributed by atoms with E-state index in [0.29, 0.717) is 11.3 Å². The number of aromatic nitrogens is 4. The van der Waals surface area contributed by atoms with Gasteiger partial charge in [0.1, 0.15) is 11.6 Å². The maximum atomic E-state index is 13.5. The van der Waals surface area contributed by atoms with Crippen molar-refractivity contribution in [2.45, 2.75) is 0 Å². The zero-order valence-corrected chi connectivity index (χ0v) is 11.2. The maximum Gasteiger partial charge on any atom is 0.189 e. The number of nitrogen functional groups attached to an aromatic ring is 1. The van der Waals surface area contributed by atoms with Crippen LogP contribution in [0.4, 0.5) is 14.5 Å². The van der Waals surface area contributed by atoms with E-state index in [1.165, 1.54) is 28.9 Å². The highest BCUT2D eigenvalue weighted by molar-refractivity contribution is 6.30. The predicted octanol–water partition coefficient (Wildman–Crippen LogP) is 2.84. The topological polar surface area (TPSA) is 69.6 Å². The first-order valence-electron chi connectivity index (χ1n) is 5.85. The summed E-state index contributed by atoms with van der Waals surface area (Å²) in [6.07, 6.45) is 0. The molecule has 2 N–H and O–H groups in total. The van der Waals surface area contributed by atoms with E-state index in [0.717, 1.165) is 6.07 Å². The molecule has 3 aromatic rings. The molecule has 0 atom stereocenters. The van der Waals surface area contributed by atoms with Crippen molar-refractivity contribution in [3.8, 4) is 17.1 Å². The molecule has 1 aromatic heterocycles. The summed E-state index contributed by atoms with van der Waals surface area (Å²) in [5.41, 5.74) is 6.77. The molecule has 0 aliphatic carbocycles. The molecule has 0 unspecified atom stereocenters. The Hall–Kier alpha value is -2.54. The van der Waals surface area contributed by atoms with Gasteiger partial charge in [0.25, 0.3) is 0 Å². The molecule has 3 rings (SSSR count). The van der Waals surface area contributed by atoms with Gasteiger partial charge in [-0.15, -0.1) is 5.10 Å². The second-order valence-electron chi connectivity index (χ2n) is 4.24.